The van der Waals surface area contributed by atoms with E-state index in [1.165, 1.54) is 0 Å². The molecular weight excluding hydrogens is 238 g/mol. The highest BCUT2D eigenvalue weighted by Gasteiger charge is 2.30. The maximum Gasteiger partial charge on any atom is 0.0847 e. The summed E-state index contributed by atoms with van der Waals surface area (Å²) in [6, 6.07) is 0. The Labute approximate surface area is 108 Å². The summed E-state index contributed by atoms with van der Waals surface area (Å²) in [7, 11) is 1.87. The summed E-state index contributed by atoms with van der Waals surface area (Å²) in [5.74, 6) is 0. The van der Waals surface area contributed by atoms with Crippen molar-refractivity contribution in [3.05, 3.63) is 16.4 Å². The molecule has 0 aliphatic carbocycles. The number of hydrogen-bond acceptors (Lipinski definition) is 3. The van der Waals surface area contributed by atoms with Crippen molar-refractivity contribution in [3.8, 4) is 0 Å². The molecule has 0 saturated carbocycles. The van der Waals surface area contributed by atoms with Gasteiger partial charge < -0.3 is 10.8 Å². The normalized spacial score (nSPS) is 14.9. The summed E-state index contributed by atoms with van der Waals surface area (Å²) in [4.78, 5) is 0. The third kappa shape index (κ3) is 3.00. The van der Waals surface area contributed by atoms with Gasteiger partial charge in [-0.05, 0) is 19.8 Å². The molecule has 1 atom stereocenters. The van der Waals surface area contributed by atoms with Crippen molar-refractivity contribution in [3.63, 3.8) is 0 Å². The summed E-state index contributed by atoms with van der Waals surface area (Å²) in [5.41, 5.74) is 7.33. The van der Waals surface area contributed by atoms with Gasteiger partial charge in [0, 0.05) is 19.0 Å². The monoisotopic (exact) mass is 259 g/mol. The van der Waals surface area contributed by atoms with E-state index in [0.717, 1.165) is 24.2 Å². The Hall–Kier alpha value is -0.580. The smallest absolute Gasteiger partial charge is 0.0847 e. The molecule has 0 saturated heterocycles. The van der Waals surface area contributed by atoms with Crippen molar-refractivity contribution in [2.24, 2.45) is 18.2 Å². The van der Waals surface area contributed by atoms with Crippen LogP contribution in [0.1, 0.15) is 31.2 Å². The van der Waals surface area contributed by atoms with E-state index >= 15 is 0 Å². The second-order valence-electron chi connectivity index (χ2n) is 4.76. The molecule has 4 nitrogen and oxygen atoms in total. The highest BCUT2D eigenvalue weighted by Crippen LogP contribution is 2.31. The highest BCUT2D eigenvalue weighted by atomic mass is 35.5. The van der Waals surface area contributed by atoms with E-state index in [9.17, 15) is 5.11 Å². The van der Waals surface area contributed by atoms with Gasteiger partial charge in [-0.1, -0.05) is 24.9 Å². The predicted molar refractivity (Wildman–Crippen MR) is 70.1 cm³/mol. The fraction of sp³-hybridized carbons (Fsp3) is 0.750. The fourth-order valence-electron chi connectivity index (χ4n) is 2.22. The lowest BCUT2D eigenvalue weighted by atomic mass is 9.80. The summed E-state index contributed by atoms with van der Waals surface area (Å²) in [5, 5.41) is 14.6. The maximum absolute atomic E-state index is 9.60. The third-order valence-electron chi connectivity index (χ3n) is 3.35. The van der Waals surface area contributed by atoms with Crippen LogP contribution in [0.15, 0.2) is 0 Å². The number of hydrogen-bond donors (Lipinski definition) is 2. The summed E-state index contributed by atoms with van der Waals surface area (Å²) < 4.78 is 1.79. The Balaban J connectivity index is 3.00. The standard InChI is InChI=1S/C12H22ClN3O/c1-4-5-12(7-14,8-17)6-10-11(13)9(2)15-16(10)3/h17H,4-8,14H2,1-3H3. The van der Waals surface area contributed by atoms with Gasteiger partial charge in [0.1, 0.15) is 0 Å². The number of aliphatic hydroxyl groups is 1. The second-order valence-corrected chi connectivity index (χ2v) is 5.14. The largest absolute Gasteiger partial charge is 0.396 e. The number of aromatic nitrogens is 2. The first kappa shape index (κ1) is 14.5. The molecule has 0 amide bonds. The number of halogens is 1. The van der Waals surface area contributed by atoms with Crippen LogP contribution in [0.2, 0.25) is 5.02 Å². The van der Waals surface area contributed by atoms with Crippen molar-refractivity contribution in [2.45, 2.75) is 33.1 Å². The van der Waals surface area contributed by atoms with E-state index in [4.69, 9.17) is 17.3 Å². The van der Waals surface area contributed by atoms with Crippen LogP contribution in [0.4, 0.5) is 0 Å². The van der Waals surface area contributed by atoms with Crippen LogP contribution in [0, 0.1) is 12.3 Å². The molecule has 0 radical (unpaired) electrons. The Morgan fingerprint density at radius 1 is 1.53 bits per heavy atom. The number of rotatable bonds is 6. The minimum absolute atomic E-state index is 0.0812. The van der Waals surface area contributed by atoms with Gasteiger partial charge >= 0.3 is 0 Å². The molecule has 1 unspecified atom stereocenters. The van der Waals surface area contributed by atoms with Crippen LogP contribution >= 0.6 is 11.6 Å². The molecule has 3 N–H and O–H groups in total. The maximum atomic E-state index is 9.60. The zero-order chi connectivity index (χ0) is 13.1. The number of nitrogens with two attached hydrogens (primary N) is 1. The van der Waals surface area contributed by atoms with Gasteiger partial charge in [-0.3, -0.25) is 4.68 Å². The first-order chi connectivity index (χ1) is 7.99. The van der Waals surface area contributed by atoms with Gasteiger partial charge in [0.2, 0.25) is 0 Å². The van der Waals surface area contributed by atoms with Crippen LogP contribution in [-0.4, -0.2) is 28.0 Å². The minimum Gasteiger partial charge on any atom is -0.396 e. The van der Waals surface area contributed by atoms with Gasteiger partial charge in [-0.2, -0.15) is 5.10 Å². The molecular formula is C12H22ClN3O. The molecule has 5 heteroatoms. The molecule has 0 spiro atoms. The Morgan fingerprint density at radius 2 is 2.18 bits per heavy atom. The summed E-state index contributed by atoms with van der Waals surface area (Å²) in [6.45, 7) is 4.51. The molecule has 17 heavy (non-hydrogen) atoms. The van der Waals surface area contributed by atoms with E-state index in [2.05, 4.69) is 12.0 Å². The molecule has 1 rings (SSSR count). The van der Waals surface area contributed by atoms with E-state index in [0.29, 0.717) is 18.0 Å². The van der Waals surface area contributed by atoms with Crippen molar-refractivity contribution in [2.75, 3.05) is 13.2 Å². The topological polar surface area (TPSA) is 64.1 Å². The van der Waals surface area contributed by atoms with Crippen LogP contribution in [0.5, 0.6) is 0 Å². The quantitative estimate of drug-likeness (QED) is 0.817. The molecule has 1 aromatic rings. The second kappa shape index (κ2) is 5.85. The first-order valence-electron chi connectivity index (χ1n) is 5.98. The van der Waals surface area contributed by atoms with Crippen molar-refractivity contribution in [1.82, 2.24) is 9.78 Å². The Morgan fingerprint density at radius 3 is 2.53 bits per heavy atom. The Kier molecular flexibility index (Phi) is 4.98. The number of nitrogens with zero attached hydrogens (tertiary/aromatic N) is 2. The van der Waals surface area contributed by atoms with E-state index in [-0.39, 0.29) is 12.0 Å². The fourth-order valence-corrected chi connectivity index (χ4v) is 2.45. The SMILES string of the molecule is CCCC(CN)(CO)Cc1c(Cl)c(C)nn1C. The molecule has 0 aliphatic rings. The van der Waals surface area contributed by atoms with Crippen molar-refractivity contribution >= 4 is 11.6 Å². The zero-order valence-corrected chi connectivity index (χ0v) is 11.6. The van der Waals surface area contributed by atoms with E-state index < -0.39 is 0 Å². The van der Waals surface area contributed by atoms with Crippen LogP contribution in [0.3, 0.4) is 0 Å². The van der Waals surface area contributed by atoms with Gasteiger partial charge in [-0.15, -0.1) is 0 Å². The average Bonchev–Trinajstić information content (AvgIpc) is 2.55. The highest BCUT2D eigenvalue weighted by molar-refractivity contribution is 6.31. The average molecular weight is 260 g/mol. The van der Waals surface area contributed by atoms with Crippen molar-refractivity contribution < 1.29 is 5.11 Å². The first-order valence-corrected chi connectivity index (χ1v) is 6.36. The van der Waals surface area contributed by atoms with Gasteiger partial charge in [-0.25, -0.2) is 0 Å². The molecule has 1 heterocycles. The number of aryl methyl sites for hydroxylation is 2. The molecule has 0 bridgehead atoms. The summed E-state index contributed by atoms with van der Waals surface area (Å²) >= 11 is 6.23. The summed E-state index contributed by atoms with van der Waals surface area (Å²) in [6.07, 6.45) is 2.55. The minimum atomic E-state index is -0.279. The molecule has 0 aromatic carbocycles. The van der Waals surface area contributed by atoms with E-state index in [1.807, 2.05) is 14.0 Å². The van der Waals surface area contributed by atoms with Gasteiger partial charge in [0.05, 0.1) is 23.0 Å². The molecule has 0 aliphatic heterocycles. The van der Waals surface area contributed by atoms with Crippen LogP contribution in [-0.2, 0) is 13.5 Å². The van der Waals surface area contributed by atoms with Crippen LogP contribution < -0.4 is 5.73 Å². The lowest BCUT2D eigenvalue weighted by molar-refractivity contribution is 0.119. The van der Waals surface area contributed by atoms with E-state index in [1.54, 1.807) is 4.68 Å². The predicted octanol–water partition coefficient (Wildman–Crippen LogP) is 1.66. The van der Waals surface area contributed by atoms with Crippen molar-refractivity contribution in [1.29, 1.82) is 0 Å². The lowest BCUT2D eigenvalue weighted by Crippen LogP contribution is -2.37. The number of aliphatic hydroxyl groups excluding tert-OH is 1. The van der Waals surface area contributed by atoms with Gasteiger partial charge in [0.15, 0.2) is 0 Å². The Bertz CT molecular complexity index is 372. The van der Waals surface area contributed by atoms with Crippen LogP contribution in [0.25, 0.3) is 0 Å². The third-order valence-corrected chi connectivity index (χ3v) is 3.84. The lowest BCUT2D eigenvalue weighted by Gasteiger charge is -2.30. The molecule has 98 valence electrons. The molecule has 0 fully saturated rings. The molecule has 1 aromatic heterocycles. The zero-order valence-electron chi connectivity index (χ0n) is 10.8. The van der Waals surface area contributed by atoms with Gasteiger partial charge in [0.25, 0.3) is 0 Å².